The lowest BCUT2D eigenvalue weighted by molar-refractivity contribution is -0.147. The van der Waals surface area contributed by atoms with Gasteiger partial charge in [-0.2, -0.15) is 13.2 Å². The Morgan fingerprint density at radius 1 is 1.10 bits per heavy atom. The number of fused-ring (bicyclic) bond motifs is 1. The van der Waals surface area contributed by atoms with E-state index in [0.717, 1.165) is 4.57 Å². The number of carbonyl (C=O) groups is 2. The van der Waals surface area contributed by atoms with E-state index in [-0.39, 0.29) is 11.0 Å². The number of anilines is 1. The number of nitrogens with zero attached hydrogens (tertiary/aromatic N) is 2. The summed E-state index contributed by atoms with van der Waals surface area (Å²) in [5.41, 5.74) is 1.45. The van der Waals surface area contributed by atoms with Crippen molar-refractivity contribution < 1.29 is 22.8 Å². The highest BCUT2D eigenvalue weighted by Crippen LogP contribution is 2.31. The number of halogens is 4. The average Bonchev–Trinajstić information content (AvgIpc) is 3.03. The third kappa shape index (κ3) is 4.68. The lowest BCUT2D eigenvalue weighted by atomic mass is 10.2. The molecule has 0 atom stereocenters. The predicted molar refractivity (Wildman–Crippen MR) is 103 cm³/mol. The van der Waals surface area contributed by atoms with Crippen LogP contribution in [0, 0.1) is 6.92 Å². The molecule has 2 amide bonds. The zero-order chi connectivity index (χ0) is 21.2. The van der Waals surface area contributed by atoms with Gasteiger partial charge in [0.05, 0.1) is 17.6 Å². The summed E-state index contributed by atoms with van der Waals surface area (Å²) >= 11 is 5.98. The highest BCUT2D eigenvalue weighted by Gasteiger charge is 2.38. The van der Waals surface area contributed by atoms with E-state index in [2.05, 4.69) is 15.6 Å². The number of benzene rings is 2. The van der Waals surface area contributed by atoms with Gasteiger partial charge in [-0.05, 0) is 36.8 Å². The number of nitrogens with one attached hydrogen (secondary N) is 2. The predicted octanol–water partition coefficient (Wildman–Crippen LogP) is 3.77. The molecule has 3 rings (SSSR count). The number of imidazole rings is 1. The van der Waals surface area contributed by atoms with Gasteiger partial charge >= 0.3 is 6.18 Å². The monoisotopic (exact) mass is 424 g/mol. The smallest absolute Gasteiger partial charge is 0.345 e. The van der Waals surface area contributed by atoms with Gasteiger partial charge in [0.1, 0.15) is 6.54 Å². The van der Waals surface area contributed by atoms with Gasteiger partial charge in [-0.3, -0.25) is 9.59 Å². The molecule has 1 heterocycles. The van der Waals surface area contributed by atoms with E-state index >= 15 is 0 Å². The van der Waals surface area contributed by atoms with Crippen molar-refractivity contribution in [2.45, 2.75) is 19.6 Å². The van der Waals surface area contributed by atoms with Crippen molar-refractivity contribution in [3.05, 3.63) is 58.9 Å². The first-order valence-corrected chi connectivity index (χ1v) is 8.88. The molecule has 29 heavy (non-hydrogen) atoms. The van der Waals surface area contributed by atoms with Crippen LogP contribution in [0.3, 0.4) is 0 Å². The lowest BCUT2D eigenvalue weighted by Gasteiger charge is -2.12. The minimum Gasteiger partial charge on any atom is -0.345 e. The van der Waals surface area contributed by atoms with Crippen molar-refractivity contribution in [1.29, 1.82) is 0 Å². The van der Waals surface area contributed by atoms with Crippen LogP contribution in [0.25, 0.3) is 11.0 Å². The van der Waals surface area contributed by atoms with Crippen LogP contribution >= 0.6 is 11.6 Å². The molecule has 2 aromatic carbocycles. The van der Waals surface area contributed by atoms with Gasteiger partial charge < -0.3 is 15.2 Å². The Bertz CT molecular complexity index is 1080. The molecule has 152 valence electrons. The van der Waals surface area contributed by atoms with Gasteiger partial charge in [-0.1, -0.05) is 29.8 Å². The molecule has 0 aliphatic heterocycles. The Labute approximate surface area is 168 Å². The van der Waals surface area contributed by atoms with Crippen molar-refractivity contribution in [1.82, 2.24) is 14.9 Å². The van der Waals surface area contributed by atoms with E-state index in [4.69, 9.17) is 11.6 Å². The maximum atomic E-state index is 13.3. The van der Waals surface area contributed by atoms with Crippen LogP contribution < -0.4 is 10.6 Å². The van der Waals surface area contributed by atoms with E-state index in [9.17, 15) is 22.8 Å². The average molecular weight is 425 g/mol. The molecule has 0 spiro atoms. The van der Waals surface area contributed by atoms with Crippen LogP contribution in [0.15, 0.2) is 42.5 Å². The quantitative estimate of drug-likeness (QED) is 0.654. The molecule has 0 aliphatic carbocycles. The molecule has 1 aromatic heterocycles. The van der Waals surface area contributed by atoms with Gasteiger partial charge in [0.25, 0.3) is 0 Å². The number of hydrogen-bond donors (Lipinski definition) is 2. The van der Waals surface area contributed by atoms with E-state index in [0.29, 0.717) is 16.3 Å². The van der Waals surface area contributed by atoms with E-state index < -0.39 is 36.9 Å². The maximum absolute atomic E-state index is 13.3. The molecule has 10 heteroatoms. The molecule has 0 bridgehead atoms. The Hall–Kier alpha value is -3.07. The molecular weight excluding hydrogens is 409 g/mol. The fourth-order valence-electron chi connectivity index (χ4n) is 2.77. The molecule has 2 N–H and O–H groups in total. The largest absolute Gasteiger partial charge is 0.449 e. The highest BCUT2D eigenvalue weighted by atomic mass is 35.5. The molecule has 0 fully saturated rings. The summed E-state index contributed by atoms with van der Waals surface area (Å²) in [6, 6.07) is 11.0. The first kappa shape index (κ1) is 20.7. The van der Waals surface area contributed by atoms with Crippen molar-refractivity contribution >= 4 is 40.1 Å². The fraction of sp³-hybridized carbons (Fsp3) is 0.211. The second-order valence-corrected chi connectivity index (χ2v) is 6.65. The number of hydrogen-bond acceptors (Lipinski definition) is 3. The summed E-state index contributed by atoms with van der Waals surface area (Å²) in [6.07, 6.45) is -4.72. The molecule has 0 saturated heterocycles. The molecule has 0 radical (unpaired) electrons. The molecule has 6 nitrogen and oxygen atoms in total. The third-order valence-corrected chi connectivity index (χ3v) is 4.61. The lowest BCUT2D eigenvalue weighted by Crippen LogP contribution is -2.35. The van der Waals surface area contributed by atoms with Crippen molar-refractivity contribution in [3.8, 4) is 0 Å². The summed E-state index contributed by atoms with van der Waals surface area (Å²) in [7, 11) is 0. The van der Waals surface area contributed by atoms with Crippen molar-refractivity contribution in [2.75, 3.05) is 11.9 Å². The van der Waals surface area contributed by atoms with Crippen LogP contribution in [-0.2, 0) is 22.3 Å². The van der Waals surface area contributed by atoms with Crippen molar-refractivity contribution in [2.24, 2.45) is 0 Å². The Morgan fingerprint density at radius 3 is 2.55 bits per heavy atom. The second kappa shape index (κ2) is 8.12. The molecular formula is C19H16ClF3N4O2. The minimum atomic E-state index is -4.72. The van der Waals surface area contributed by atoms with E-state index in [1.54, 1.807) is 37.3 Å². The SMILES string of the molecule is Cc1c(Cl)cccc1NC(=O)CNC(=O)Cn1c(C(F)(F)F)nc2ccccc21. The molecule has 0 saturated carbocycles. The second-order valence-electron chi connectivity index (χ2n) is 6.25. The molecule has 0 unspecified atom stereocenters. The normalized spacial score (nSPS) is 11.5. The standard InChI is InChI=1S/C19H16ClF3N4O2/c1-11-12(20)5-4-7-13(11)25-16(28)9-24-17(29)10-27-15-8-3-2-6-14(15)26-18(27)19(21,22)23/h2-8H,9-10H2,1H3,(H,24,29)(H,25,28). The van der Waals surface area contributed by atoms with Crippen molar-refractivity contribution in [3.63, 3.8) is 0 Å². The number of para-hydroxylation sites is 2. The van der Waals surface area contributed by atoms with Crippen LogP contribution in [0.5, 0.6) is 0 Å². The number of rotatable bonds is 5. The highest BCUT2D eigenvalue weighted by molar-refractivity contribution is 6.31. The first-order valence-electron chi connectivity index (χ1n) is 8.51. The zero-order valence-electron chi connectivity index (χ0n) is 15.2. The third-order valence-electron chi connectivity index (χ3n) is 4.20. The number of amides is 2. The van der Waals surface area contributed by atoms with Gasteiger partial charge in [0, 0.05) is 10.7 Å². The van der Waals surface area contributed by atoms with Crippen LogP contribution in [0.2, 0.25) is 5.02 Å². The summed E-state index contributed by atoms with van der Waals surface area (Å²) < 4.78 is 40.6. The summed E-state index contributed by atoms with van der Waals surface area (Å²) in [4.78, 5) is 27.8. The van der Waals surface area contributed by atoms with Crippen LogP contribution in [0.1, 0.15) is 11.4 Å². The van der Waals surface area contributed by atoms with Crippen LogP contribution in [-0.4, -0.2) is 27.9 Å². The first-order chi connectivity index (χ1) is 13.7. The van der Waals surface area contributed by atoms with Crippen LogP contribution in [0.4, 0.5) is 18.9 Å². The Morgan fingerprint density at radius 2 is 1.83 bits per heavy atom. The molecule has 3 aromatic rings. The Balaban J connectivity index is 1.68. The maximum Gasteiger partial charge on any atom is 0.449 e. The summed E-state index contributed by atoms with van der Waals surface area (Å²) in [5.74, 6) is -2.46. The van der Waals surface area contributed by atoms with Gasteiger partial charge in [0.15, 0.2) is 0 Å². The van der Waals surface area contributed by atoms with E-state index in [1.165, 1.54) is 12.1 Å². The topological polar surface area (TPSA) is 76.0 Å². The van der Waals surface area contributed by atoms with Gasteiger partial charge in [0.2, 0.25) is 17.6 Å². The van der Waals surface area contributed by atoms with Gasteiger partial charge in [-0.25, -0.2) is 4.98 Å². The van der Waals surface area contributed by atoms with Gasteiger partial charge in [-0.15, -0.1) is 0 Å². The number of alkyl halides is 3. The summed E-state index contributed by atoms with van der Waals surface area (Å²) in [6.45, 7) is 0.691. The minimum absolute atomic E-state index is 0.127. The number of carbonyl (C=O) groups excluding carboxylic acids is 2. The fourth-order valence-corrected chi connectivity index (χ4v) is 2.94. The van der Waals surface area contributed by atoms with E-state index in [1.807, 2.05) is 0 Å². The Kier molecular flexibility index (Phi) is 5.78. The zero-order valence-corrected chi connectivity index (χ0v) is 15.9. The summed E-state index contributed by atoms with van der Waals surface area (Å²) in [5, 5.41) is 5.38. The number of aromatic nitrogens is 2. The molecule has 0 aliphatic rings.